The highest BCUT2D eigenvalue weighted by Crippen LogP contribution is 2.34. The molecular formula is C13H14ClN3O2S. The molecule has 1 fully saturated rings. The molecule has 0 unspecified atom stereocenters. The second-order valence-corrected chi connectivity index (χ2v) is 6.31. The van der Waals surface area contributed by atoms with Gasteiger partial charge in [-0.3, -0.25) is 14.3 Å². The molecule has 1 aliphatic carbocycles. The molecule has 20 heavy (non-hydrogen) atoms. The molecule has 3 rings (SSSR count). The van der Waals surface area contributed by atoms with Gasteiger partial charge in [-0.2, -0.15) is 0 Å². The Morgan fingerprint density at radius 2 is 2.15 bits per heavy atom. The maximum atomic E-state index is 12.6. The SMILES string of the molecule is O=c1[nH]c(Cl)c(C2CCCC2)c(=O)n1Cc1nccs1. The first-order chi connectivity index (χ1) is 9.66. The minimum Gasteiger partial charge on any atom is -0.297 e. The molecule has 0 aromatic carbocycles. The van der Waals surface area contributed by atoms with Crippen LogP contribution in [-0.2, 0) is 6.54 Å². The van der Waals surface area contributed by atoms with E-state index < -0.39 is 5.69 Å². The topological polar surface area (TPSA) is 67.8 Å². The van der Waals surface area contributed by atoms with E-state index in [0.29, 0.717) is 5.56 Å². The molecule has 0 atom stereocenters. The number of H-pyrrole nitrogens is 1. The summed E-state index contributed by atoms with van der Waals surface area (Å²) in [5.74, 6) is 0.161. The highest BCUT2D eigenvalue weighted by molar-refractivity contribution is 7.09. The van der Waals surface area contributed by atoms with Crippen molar-refractivity contribution in [1.29, 1.82) is 0 Å². The number of nitrogens with zero attached hydrogens (tertiary/aromatic N) is 2. The highest BCUT2D eigenvalue weighted by Gasteiger charge is 2.25. The molecule has 0 spiro atoms. The quantitative estimate of drug-likeness (QED) is 0.885. The monoisotopic (exact) mass is 311 g/mol. The lowest BCUT2D eigenvalue weighted by atomic mass is 10.0. The second kappa shape index (κ2) is 5.54. The van der Waals surface area contributed by atoms with Crippen molar-refractivity contribution >= 4 is 22.9 Å². The Labute approximate surface area is 124 Å². The van der Waals surface area contributed by atoms with Crippen molar-refractivity contribution in [2.24, 2.45) is 0 Å². The number of hydrogen-bond acceptors (Lipinski definition) is 4. The Kier molecular flexibility index (Phi) is 3.76. The number of thiazole rings is 1. The molecular weight excluding hydrogens is 298 g/mol. The number of aromatic nitrogens is 3. The molecule has 1 N–H and O–H groups in total. The van der Waals surface area contributed by atoms with E-state index >= 15 is 0 Å². The van der Waals surface area contributed by atoms with E-state index in [1.54, 1.807) is 6.20 Å². The second-order valence-electron chi connectivity index (χ2n) is 4.96. The molecule has 106 valence electrons. The van der Waals surface area contributed by atoms with Gasteiger partial charge in [0.25, 0.3) is 5.56 Å². The Morgan fingerprint density at radius 3 is 2.80 bits per heavy atom. The van der Waals surface area contributed by atoms with Crippen LogP contribution in [0.1, 0.15) is 42.2 Å². The fraction of sp³-hybridized carbons (Fsp3) is 0.462. The van der Waals surface area contributed by atoms with E-state index in [1.807, 2.05) is 5.38 Å². The lowest BCUT2D eigenvalue weighted by Crippen LogP contribution is -2.38. The van der Waals surface area contributed by atoms with Crippen LogP contribution in [0.5, 0.6) is 0 Å². The Bertz CT molecular complexity index is 714. The first kappa shape index (κ1) is 13.6. The van der Waals surface area contributed by atoms with Crippen LogP contribution in [-0.4, -0.2) is 14.5 Å². The zero-order valence-corrected chi connectivity index (χ0v) is 12.3. The number of rotatable bonds is 3. The highest BCUT2D eigenvalue weighted by atomic mass is 35.5. The number of halogens is 1. The van der Waals surface area contributed by atoms with Crippen LogP contribution in [0.2, 0.25) is 5.15 Å². The maximum absolute atomic E-state index is 12.6. The molecule has 5 nitrogen and oxygen atoms in total. The lowest BCUT2D eigenvalue weighted by molar-refractivity contribution is 0.639. The van der Waals surface area contributed by atoms with Crippen molar-refractivity contribution in [3.05, 3.63) is 48.1 Å². The van der Waals surface area contributed by atoms with E-state index in [1.165, 1.54) is 15.9 Å². The minimum absolute atomic E-state index is 0.161. The fourth-order valence-electron chi connectivity index (χ4n) is 2.74. The van der Waals surface area contributed by atoms with Gasteiger partial charge in [-0.1, -0.05) is 24.4 Å². The zero-order chi connectivity index (χ0) is 14.1. The van der Waals surface area contributed by atoms with Gasteiger partial charge in [0.05, 0.1) is 12.1 Å². The van der Waals surface area contributed by atoms with E-state index in [4.69, 9.17) is 11.6 Å². The van der Waals surface area contributed by atoms with Crippen LogP contribution >= 0.6 is 22.9 Å². The van der Waals surface area contributed by atoms with Crippen LogP contribution in [0, 0.1) is 0 Å². The van der Waals surface area contributed by atoms with Gasteiger partial charge in [-0.25, -0.2) is 9.78 Å². The summed E-state index contributed by atoms with van der Waals surface area (Å²) in [6.07, 6.45) is 5.78. The Hall–Kier alpha value is -1.40. The number of nitrogens with one attached hydrogen (secondary N) is 1. The zero-order valence-electron chi connectivity index (χ0n) is 10.8. The average molecular weight is 312 g/mol. The molecule has 0 amide bonds. The first-order valence-electron chi connectivity index (χ1n) is 6.57. The molecule has 2 aromatic rings. The summed E-state index contributed by atoms with van der Waals surface area (Å²) in [4.78, 5) is 31.2. The van der Waals surface area contributed by atoms with Crippen molar-refractivity contribution in [2.45, 2.75) is 38.1 Å². The Balaban J connectivity index is 2.08. The van der Waals surface area contributed by atoms with Gasteiger partial charge in [0.1, 0.15) is 10.2 Å². The summed E-state index contributed by atoms with van der Waals surface area (Å²) in [5.41, 5.74) is -0.196. The molecule has 0 saturated heterocycles. The molecule has 1 saturated carbocycles. The number of aromatic amines is 1. The van der Waals surface area contributed by atoms with Crippen LogP contribution in [0.3, 0.4) is 0 Å². The summed E-state index contributed by atoms with van der Waals surface area (Å²) in [6.45, 7) is 0.197. The van der Waals surface area contributed by atoms with Gasteiger partial charge in [-0.15, -0.1) is 11.3 Å². The summed E-state index contributed by atoms with van der Waals surface area (Å²) in [6, 6.07) is 0. The van der Waals surface area contributed by atoms with Crippen molar-refractivity contribution in [2.75, 3.05) is 0 Å². The molecule has 0 bridgehead atoms. The van der Waals surface area contributed by atoms with Gasteiger partial charge in [0.15, 0.2) is 0 Å². The maximum Gasteiger partial charge on any atom is 0.329 e. The minimum atomic E-state index is -0.475. The van der Waals surface area contributed by atoms with E-state index in [0.717, 1.165) is 30.7 Å². The van der Waals surface area contributed by atoms with Crippen molar-refractivity contribution in [3.63, 3.8) is 0 Å². The summed E-state index contributed by atoms with van der Waals surface area (Å²) >= 11 is 7.51. The smallest absolute Gasteiger partial charge is 0.297 e. The molecule has 2 heterocycles. The first-order valence-corrected chi connectivity index (χ1v) is 7.83. The lowest BCUT2D eigenvalue weighted by Gasteiger charge is -2.12. The van der Waals surface area contributed by atoms with Crippen LogP contribution < -0.4 is 11.2 Å². The van der Waals surface area contributed by atoms with Gasteiger partial charge in [0, 0.05) is 11.6 Å². The molecule has 7 heteroatoms. The molecule has 0 radical (unpaired) electrons. The normalized spacial score (nSPS) is 15.8. The van der Waals surface area contributed by atoms with Gasteiger partial charge >= 0.3 is 5.69 Å². The van der Waals surface area contributed by atoms with Gasteiger partial charge < -0.3 is 0 Å². The molecule has 0 aliphatic heterocycles. The molecule has 1 aliphatic rings. The third-order valence-electron chi connectivity index (χ3n) is 3.71. The van der Waals surface area contributed by atoms with E-state index in [-0.39, 0.29) is 23.2 Å². The van der Waals surface area contributed by atoms with E-state index in [2.05, 4.69) is 9.97 Å². The third-order valence-corrected chi connectivity index (χ3v) is 4.78. The van der Waals surface area contributed by atoms with Crippen molar-refractivity contribution in [1.82, 2.24) is 14.5 Å². The van der Waals surface area contributed by atoms with Crippen LogP contribution in [0.25, 0.3) is 0 Å². The Morgan fingerprint density at radius 1 is 1.40 bits per heavy atom. The summed E-state index contributed by atoms with van der Waals surface area (Å²) in [5, 5.41) is 2.75. The van der Waals surface area contributed by atoms with Crippen LogP contribution in [0.15, 0.2) is 21.2 Å². The van der Waals surface area contributed by atoms with Gasteiger partial charge in [0.2, 0.25) is 0 Å². The summed E-state index contributed by atoms with van der Waals surface area (Å²) in [7, 11) is 0. The third kappa shape index (κ3) is 2.45. The predicted octanol–water partition coefficient (Wildman–Crippen LogP) is 2.35. The summed E-state index contributed by atoms with van der Waals surface area (Å²) < 4.78 is 1.19. The predicted molar refractivity (Wildman–Crippen MR) is 78.8 cm³/mol. The van der Waals surface area contributed by atoms with E-state index in [9.17, 15) is 9.59 Å². The standard InChI is InChI=1S/C13H14ClN3O2S/c14-11-10(8-3-1-2-4-8)12(18)17(13(19)16-11)7-9-15-5-6-20-9/h5-6,8H,1-4,7H2,(H,16,19). The van der Waals surface area contributed by atoms with Crippen LogP contribution in [0.4, 0.5) is 0 Å². The average Bonchev–Trinajstić information content (AvgIpc) is 3.07. The largest absolute Gasteiger partial charge is 0.329 e. The molecule has 2 aromatic heterocycles. The van der Waals surface area contributed by atoms with Crippen molar-refractivity contribution in [3.8, 4) is 0 Å². The number of hydrogen-bond donors (Lipinski definition) is 1. The van der Waals surface area contributed by atoms with Gasteiger partial charge in [-0.05, 0) is 18.8 Å². The fourth-order valence-corrected chi connectivity index (χ4v) is 3.66. The van der Waals surface area contributed by atoms with Crippen molar-refractivity contribution < 1.29 is 0 Å².